The molecule has 4 nitrogen and oxygen atoms in total. The molecule has 0 amide bonds. The van der Waals surface area contributed by atoms with E-state index in [0.29, 0.717) is 6.04 Å². The zero-order chi connectivity index (χ0) is 14.5. The molecule has 0 unspecified atom stereocenters. The summed E-state index contributed by atoms with van der Waals surface area (Å²) in [5.74, 6) is 1.11. The molecule has 0 atom stereocenters. The zero-order valence-corrected chi connectivity index (χ0v) is 12.7. The van der Waals surface area contributed by atoms with Gasteiger partial charge in [-0.1, -0.05) is 6.07 Å². The van der Waals surface area contributed by atoms with E-state index in [9.17, 15) is 0 Å². The maximum absolute atomic E-state index is 4.44. The van der Waals surface area contributed by atoms with Crippen LogP contribution in [0.25, 0.3) is 0 Å². The molecule has 4 heteroatoms. The van der Waals surface area contributed by atoms with Crippen molar-refractivity contribution in [1.82, 2.24) is 14.9 Å². The quantitative estimate of drug-likeness (QED) is 0.916. The second kappa shape index (κ2) is 6.76. The molecule has 2 aromatic heterocycles. The lowest BCUT2D eigenvalue weighted by atomic mass is 10.0. The SMILES string of the molecule is CCn1ccc(CNC2CCN(c3ccccn3)CC2)c1. The number of rotatable bonds is 5. The predicted molar refractivity (Wildman–Crippen MR) is 86.4 cm³/mol. The molecule has 1 N–H and O–H groups in total. The van der Waals surface area contributed by atoms with Gasteiger partial charge in [0.1, 0.15) is 5.82 Å². The van der Waals surface area contributed by atoms with Crippen molar-refractivity contribution >= 4 is 5.82 Å². The van der Waals surface area contributed by atoms with E-state index in [1.165, 1.54) is 18.4 Å². The summed E-state index contributed by atoms with van der Waals surface area (Å²) in [6, 6.07) is 8.96. The summed E-state index contributed by atoms with van der Waals surface area (Å²) in [5.41, 5.74) is 1.38. The lowest BCUT2D eigenvalue weighted by Gasteiger charge is -2.33. The molecular formula is C17H24N4. The fraction of sp³-hybridized carbons (Fsp3) is 0.471. The molecule has 2 aromatic rings. The first-order valence-corrected chi connectivity index (χ1v) is 7.89. The van der Waals surface area contributed by atoms with Crippen LogP contribution in [0, 0.1) is 0 Å². The number of piperidine rings is 1. The highest BCUT2D eigenvalue weighted by atomic mass is 15.2. The van der Waals surface area contributed by atoms with E-state index < -0.39 is 0 Å². The minimum Gasteiger partial charge on any atom is -0.357 e. The summed E-state index contributed by atoms with van der Waals surface area (Å²) in [6.45, 7) is 6.36. The van der Waals surface area contributed by atoms with Crippen LogP contribution in [0.15, 0.2) is 42.9 Å². The van der Waals surface area contributed by atoms with Gasteiger partial charge in [0.15, 0.2) is 0 Å². The number of anilines is 1. The molecule has 1 aliphatic heterocycles. The highest BCUT2D eigenvalue weighted by molar-refractivity contribution is 5.38. The van der Waals surface area contributed by atoms with E-state index >= 15 is 0 Å². The molecule has 1 saturated heterocycles. The van der Waals surface area contributed by atoms with E-state index in [-0.39, 0.29) is 0 Å². The average molecular weight is 284 g/mol. The van der Waals surface area contributed by atoms with Gasteiger partial charge in [-0.2, -0.15) is 0 Å². The van der Waals surface area contributed by atoms with Gasteiger partial charge in [0.05, 0.1) is 0 Å². The monoisotopic (exact) mass is 284 g/mol. The lowest BCUT2D eigenvalue weighted by Crippen LogP contribution is -2.42. The van der Waals surface area contributed by atoms with Gasteiger partial charge in [-0.05, 0) is 43.5 Å². The van der Waals surface area contributed by atoms with Crippen LogP contribution in [-0.2, 0) is 13.1 Å². The molecule has 3 heterocycles. The summed E-state index contributed by atoms with van der Waals surface area (Å²) in [5, 5.41) is 3.69. The van der Waals surface area contributed by atoms with E-state index in [0.717, 1.165) is 32.0 Å². The molecule has 3 rings (SSSR count). The fourth-order valence-electron chi connectivity index (χ4n) is 2.91. The standard InChI is InChI=1S/C17H24N4/c1-2-20-10-6-15(14-20)13-19-16-7-11-21(12-8-16)17-5-3-4-9-18-17/h3-6,9-10,14,16,19H,2,7-8,11-13H2,1H3. The third-order valence-corrected chi connectivity index (χ3v) is 4.24. The first-order chi connectivity index (χ1) is 10.3. The van der Waals surface area contributed by atoms with Gasteiger partial charge in [-0.25, -0.2) is 4.98 Å². The van der Waals surface area contributed by atoms with Crippen molar-refractivity contribution in [3.05, 3.63) is 48.4 Å². The van der Waals surface area contributed by atoms with Crippen LogP contribution >= 0.6 is 0 Å². The minimum absolute atomic E-state index is 0.620. The zero-order valence-electron chi connectivity index (χ0n) is 12.7. The molecule has 0 spiro atoms. The summed E-state index contributed by atoms with van der Waals surface area (Å²) in [4.78, 5) is 6.82. The van der Waals surface area contributed by atoms with Gasteiger partial charge >= 0.3 is 0 Å². The third-order valence-electron chi connectivity index (χ3n) is 4.24. The van der Waals surface area contributed by atoms with Crippen LogP contribution in [0.3, 0.4) is 0 Å². The Morgan fingerprint density at radius 2 is 2.10 bits per heavy atom. The normalized spacial score (nSPS) is 16.3. The number of nitrogens with one attached hydrogen (secondary N) is 1. The topological polar surface area (TPSA) is 33.1 Å². The maximum atomic E-state index is 4.44. The average Bonchev–Trinajstić information content (AvgIpc) is 3.02. The maximum Gasteiger partial charge on any atom is 0.128 e. The van der Waals surface area contributed by atoms with Gasteiger partial charge in [0.2, 0.25) is 0 Å². The van der Waals surface area contributed by atoms with Gasteiger partial charge in [-0.3, -0.25) is 0 Å². The summed E-state index contributed by atoms with van der Waals surface area (Å²) >= 11 is 0. The molecule has 0 radical (unpaired) electrons. The van der Waals surface area contributed by atoms with Gasteiger partial charge < -0.3 is 14.8 Å². The molecule has 1 aliphatic rings. The Balaban J connectivity index is 1.45. The van der Waals surface area contributed by atoms with E-state index in [4.69, 9.17) is 0 Å². The van der Waals surface area contributed by atoms with Crippen LogP contribution in [0.1, 0.15) is 25.3 Å². The van der Waals surface area contributed by atoms with Crippen molar-refractivity contribution in [2.24, 2.45) is 0 Å². The number of aryl methyl sites for hydroxylation is 1. The van der Waals surface area contributed by atoms with Crippen LogP contribution < -0.4 is 10.2 Å². The Kier molecular flexibility index (Phi) is 4.55. The second-order valence-corrected chi connectivity index (χ2v) is 5.68. The van der Waals surface area contributed by atoms with Crippen LogP contribution in [-0.4, -0.2) is 28.7 Å². The largest absolute Gasteiger partial charge is 0.357 e. The van der Waals surface area contributed by atoms with E-state index in [1.807, 2.05) is 12.3 Å². The summed E-state index contributed by atoms with van der Waals surface area (Å²) in [6.07, 6.45) is 8.63. The van der Waals surface area contributed by atoms with Gasteiger partial charge in [-0.15, -0.1) is 0 Å². The number of hydrogen-bond acceptors (Lipinski definition) is 3. The van der Waals surface area contributed by atoms with Crippen molar-refractivity contribution in [3.63, 3.8) is 0 Å². The Morgan fingerprint density at radius 1 is 1.24 bits per heavy atom. The third kappa shape index (κ3) is 3.64. The fourth-order valence-corrected chi connectivity index (χ4v) is 2.91. The summed E-state index contributed by atoms with van der Waals surface area (Å²) in [7, 11) is 0. The van der Waals surface area contributed by atoms with E-state index in [2.05, 4.69) is 57.3 Å². The van der Waals surface area contributed by atoms with Crippen LogP contribution in [0.5, 0.6) is 0 Å². The molecule has 0 aromatic carbocycles. The first-order valence-electron chi connectivity index (χ1n) is 7.89. The highest BCUT2D eigenvalue weighted by Crippen LogP contribution is 2.17. The predicted octanol–water partition coefficient (Wildman–Crippen LogP) is 2.66. The Hall–Kier alpha value is -1.81. The molecule has 1 fully saturated rings. The second-order valence-electron chi connectivity index (χ2n) is 5.68. The molecule has 0 bridgehead atoms. The molecule has 112 valence electrons. The Labute approximate surface area is 126 Å². The van der Waals surface area contributed by atoms with Gasteiger partial charge in [0.25, 0.3) is 0 Å². The number of aromatic nitrogens is 2. The number of hydrogen-bond donors (Lipinski definition) is 1. The van der Waals surface area contributed by atoms with Crippen molar-refractivity contribution in [2.75, 3.05) is 18.0 Å². The van der Waals surface area contributed by atoms with Crippen molar-refractivity contribution in [1.29, 1.82) is 0 Å². The lowest BCUT2D eigenvalue weighted by molar-refractivity contribution is 0.412. The van der Waals surface area contributed by atoms with Crippen LogP contribution in [0.4, 0.5) is 5.82 Å². The van der Waals surface area contributed by atoms with Crippen molar-refractivity contribution in [3.8, 4) is 0 Å². The molecule has 21 heavy (non-hydrogen) atoms. The van der Waals surface area contributed by atoms with Crippen molar-refractivity contribution in [2.45, 2.75) is 38.9 Å². The molecule has 0 aliphatic carbocycles. The van der Waals surface area contributed by atoms with Crippen LogP contribution in [0.2, 0.25) is 0 Å². The molecular weight excluding hydrogens is 260 g/mol. The van der Waals surface area contributed by atoms with Gasteiger partial charge in [0, 0.05) is 50.8 Å². The number of pyridine rings is 1. The summed E-state index contributed by atoms with van der Waals surface area (Å²) < 4.78 is 2.22. The Bertz CT molecular complexity index is 541. The number of nitrogens with zero attached hydrogens (tertiary/aromatic N) is 3. The Morgan fingerprint density at radius 3 is 2.76 bits per heavy atom. The molecule has 0 saturated carbocycles. The first kappa shape index (κ1) is 14.1. The smallest absolute Gasteiger partial charge is 0.128 e. The highest BCUT2D eigenvalue weighted by Gasteiger charge is 2.19. The van der Waals surface area contributed by atoms with Crippen molar-refractivity contribution < 1.29 is 0 Å². The van der Waals surface area contributed by atoms with E-state index in [1.54, 1.807) is 0 Å². The minimum atomic E-state index is 0.620.